The van der Waals surface area contributed by atoms with E-state index in [1.165, 1.54) is 0 Å². The van der Waals surface area contributed by atoms with Gasteiger partial charge in [-0.25, -0.2) is 9.83 Å². The molecule has 0 N–H and O–H groups in total. The molecular weight excluding hydrogens is 386 g/mol. The molecule has 0 bridgehead atoms. The molecule has 0 radical (unpaired) electrons. The molecule has 1 fully saturated rings. The van der Waals surface area contributed by atoms with Gasteiger partial charge >= 0.3 is 0 Å². The first kappa shape index (κ1) is 18.8. The number of anilines is 1. The Kier molecular flexibility index (Phi) is 4.81. The molecule has 2 heterocycles. The highest BCUT2D eigenvalue weighted by Gasteiger charge is 2.35. The zero-order chi connectivity index (χ0) is 21.2. The number of pyridine rings is 1. The van der Waals surface area contributed by atoms with Gasteiger partial charge in [-0.2, -0.15) is 0 Å². The van der Waals surface area contributed by atoms with E-state index in [9.17, 15) is 4.79 Å². The number of aromatic nitrogens is 1. The summed E-state index contributed by atoms with van der Waals surface area (Å²) in [4.78, 5) is 22.9. The van der Waals surface area contributed by atoms with E-state index in [1.807, 2.05) is 78.9 Å². The zero-order valence-corrected chi connectivity index (χ0v) is 16.7. The Bertz CT molecular complexity index is 1310. The summed E-state index contributed by atoms with van der Waals surface area (Å²) in [6, 6.07) is 27.1. The third-order valence-corrected chi connectivity index (χ3v) is 5.49. The molecule has 1 amide bonds. The number of benzene rings is 3. The van der Waals surface area contributed by atoms with Gasteiger partial charge in [0.05, 0.1) is 12.1 Å². The number of hydrogen-bond donors (Lipinski definition) is 0. The van der Waals surface area contributed by atoms with E-state index in [1.54, 1.807) is 11.0 Å². The van der Waals surface area contributed by atoms with Crippen LogP contribution in [0, 0.1) is 6.57 Å². The van der Waals surface area contributed by atoms with Crippen LogP contribution in [0.4, 0.5) is 11.4 Å². The van der Waals surface area contributed by atoms with Crippen molar-refractivity contribution in [2.45, 2.75) is 12.5 Å². The normalized spacial score (nSPS) is 15.8. The van der Waals surface area contributed by atoms with Crippen LogP contribution in [0.3, 0.4) is 0 Å². The van der Waals surface area contributed by atoms with Gasteiger partial charge < -0.3 is 9.64 Å². The molecule has 4 aromatic rings. The van der Waals surface area contributed by atoms with Gasteiger partial charge in [0.1, 0.15) is 0 Å². The molecule has 150 valence electrons. The number of carbonyl (C=O) groups excluding carboxylic acids is 1. The molecule has 0 spiro atoms. The molecule has 0 saturated carbocycles. The van der Waals surface area contributed by atoms with E-state index >= 15 is 0 Å². The molecule has 3 aromatic carbocycles. The standard InChI is InChI=1S/C26H19N3O2/c1-27-22-17-20(18-7-3-2-4-8-18)11-13-23(22)29-16-15-24(26(29)30)31-25-14-12-19-9-5-6-10-21(19)28-25/h2-14,17,24H,15-16H2. The fourth-order valence-electron chi connectivity index (χ4n) is 3.91. The molecule has 1 unspecified atom stereocenters. The van der Waals surface area contributed by atoms with E-state index in [2.05, 4.69) is 9.83 Å². The smallest absolute Gasteiger partial charge is 0.267 e. The van der Waals surface area contributed by atoms with Gasteiger partial charge in [0.25, 0.3) is 5.91 Å². The summed E-state index contributed by atoms with van der Waals surface area (Å²) in [5, 5.41) is 1.02. The van der Waals surface area contributed by atoms with Gasteiger partial charge in [-0.05, 0) is 35.4 Å². The molecule has 5 rings (SSSR count). The summed E-state index contributed by atoms with van der Waals surface area (Å²) in [6.45, 7) is 8.13. The first-order chi connectivity index (χ1) is 15.2. The van der Waals surface area contributed by atoms with Crippen LogP contribution in [0.1, 0.15) is 6.42 Å². The van der Waals surface area contributed by atoms with Crippen molar-refractivity contribution in [3.05, 3.63) is 96.3 Å². The average Bonchev–Trinajstić information content (AvgIpc) is 3.18. The Morgan fingerprint density at radius 1 is 0.935 bits per heavy atom. The van der Waals surface area contributed by atoms with E-state index in [0.29, 0.717) is 30.2 Å². The fourth-order valence-corrected chi connectivity index (χ4v) is 3.91. The van der Waals surface area contributed by atoms with Crippen LogP contribution in [0.5, 0.6) is 5.88 Å². The largest absolute Gasteiger partial charge is 0.464 e. The summed E-state index contributed by atoms with van der Waals surface area (Å²) < 4.78 is 5.93. The van der Waals surface area contributed by atoms with Crippen LogP contribution in [0.25, 0.3) is 26.9 Å². The van der Waals surface area contributed by atoms with Crippen molar-refractivity contribution < 1.29 is 9.53 Å². The Morgan fingerprint density at radius 3 is 2.58 bits per heavy atom. The van der Waals surface area contributed by atoms with Crippen LogP contribution in [0.15, 0.2) is 84.9 Å². The van der Waals surface area contributed by atoms with Crippen molar-refractivity contribution in [3.63, 3.8) is 0 Å². The highest BCUT2D eigenvalue weighted by molar-refractivity contribution is 6.02. The van der Waals surface area contributed by atoms with Crippen molar-refractivity contribution >= 4 is 28.2 Å². The maximum atomic E-state index is 13.1. The van der Waals surface area contributed by atoms with Gasteiger partial charge in [-0.15, -0.1) is 0 Å². The SMILES string of the molecule is [C-]#[N+]c1cc(-c2ccccc2)ccc1N1CCC(Oc2ccc3ccccc3n2)C1=O. The van der Waals surface area contributed by atoms with Gasteiger partial charge in [0.15, 0.2) is 6.10 Å². The number of fused-ring (bicyclic) bond motifs is 1. The number of rotatable bonds is 4. The second kappa shape index (κ2) is 7.92. The number of hydrogen-bond acceptors (Lipinski definition) is 3. The number of amides is 1. The lowest BCUT2D eigenvalue weighted by Gasteiger charge is -2.19. The maximum absolute atomic E-state index is 13.1. The lowest BCUT2D eigenvalue weighted by Crippen LogP contribution is -2.32. The molecule has 31 heavy (non-hydrogen) atoms. The van der Waals surface area contributed by atoms with E-state index < -0.39 is 6.10 Å². The molecular formula is C26H19N3O2. The van der Waals surface area contributed by atoms with Crippen LogP contribution in [0.2, 0.25) is 0 Å². The lowest BCUT2D eigenvalue weighted by molar-refractivity contribution is -0.123. The summed E-state index contributed by atoms with van der Waals surface area (Å²) >= 11 is 0. The fraction of sp³-hybridized carbons (Fsp3) is 0.115. The minimum atomic E-state index is -0.610. The molecule has 5 heteroatoms. The molecule has 1 saturated heterocycles. The first-order valence-corrected chi connectivity index (χ1v) is 10.1. The Morgan fingerprint density at radius 2 is 1.74 bits per heavy atom. The van der Waals surface area contributed by atoms with Crippen LogP contribution >= 0.6 is 0 Å². The highest BCUT2D eigenvalue weighted by atomic mass is 16.5. The summed E-state index contributed by atoms with van der Waals surface area (Å²) in [5.41, 5.74) is 3.90. The number of carbonyl (C=O) groups is 1. The van der Waals surface area contributed by atoms with Gasteiger partial charge in [0.2, 0.25) is 11.6 Å². The molecule has 5 nitrogen and oxygen atoms in total. The van der Waals surface area contributed by atoms with E-state index in [4.69, 9.17) is 11.3 Å². The molecule has 0 aliphatic carbocycles. The first-order valence-electron chi connectivity index (χ1n) is 10.1. The second-order valence-corrected chi connectivity index (χ2v) is 7.41. The van der Waals surface area contributed by atoms with Crippen molar-refractivity contribution in [1.82, 2.24) is 4.98 Å². The predicted molar refractivity (Wildman–Crippen MR) is 121 cm³/mol. The second-order valence-electron chi connectivity index (χ2n) is 7.41. The molecule has 1 aliphatic rings. The molecule has 1 atom stereocenters. The van der Waals surface area contributed by atoms with Gasteiger partial charge in [-0.3, -0.25) is 4.79 Å². The number of para-hydroxylation sites is 1. The topological polar surface area (TPSA) is 46.8 Å². The van der Waals surface area contributed by atoms with E-state index in [0.717, 1.165) is 22.0 Å². The monoisotopic (exact) mass is 405 g/mol. The van der Waals surface area contributed by atoms with Crippen molar-refractivity contribution in [1.29, 1.82) is 0 Å². The predicted octanol–water partition coefficient (Wildman–Crippen LogP) is 5.64. The van der Waals surface area contributed by atoms with Crippen molar-refractivity contribution in [2.75, 3.05) is 11.4 Å². The van der Waals surface area contributed by atoms with E-state index in [-0.39, 0.29) is 5.91 Å². The lowest BCUT2D eigenvalue weighted by atomic mass is 10.0. The molecule has 1 aromatic heterocycles. The Labute approximate surface area is 180 Å². The summed E-state index contributed by atoms with van der Waals surface area (Å²) in [7, 11) is 0. The maximum Gasteiger partial charge on any atom is 0.267 e. The van der Waals surface area contributed by atoms with Crippen molar-refractivity contribution in [3.8, 4) is 17.0 Å². The number of ether oxygens (including phenoxy) is 1. The van der Waals surface area contributed by atoms with Gasteiger partial charge in [0, 0.05) is 30.1 Å². The minimum Gasteiger partial charge on any atom is -0.464 e. The van der Waals surface area contributed by atoms with Gasteiger partial charge in [-0.1, -0.05) is 54.6 Å². The Hall–Kier alpha value is -4.17. The third-order valence-electron chi connectivity index (χ3n) is 5.49. The van der Waals surface area contributed by atoms with Crippen LogP contribution in [-0.2, 0) is 4.79 Å². The molecule has 1 aliphatic heterocycles. The quantitative estimate of drug-likeness (QED) is 0.413. The summed E-state index contributed by atoms with van der Waals surface area (Å²) in [5.74, 6) is 0.288. The van der Waals surface area contributed by atoms with Crippen LogP contribution < -0.4 is 9.64 Å². The zero-order valence-electron chi connectivity index (χ0n) is 16.7. The van der Waals surface area contributed by atoms with Crippen molar-refractivity contribution in [2.24, 2.45) is 0 Å². The third kappa shape index (κ3) is 3.60. The van der Waals surface area contributed by atoms with Crippen LogP contribution in [-0.4, -0.2) is 23.5 Å². The number of nitrogens with zero attached hydrogens (tertiary/aromatic N) is 3. The Balaban J connectivity index is 1.38. The highest BCUT2D eigenvalue weighted by Crippen LogP contribution is 2.36. The minimum absolute atomic E-state index is 0.146. The summed E-state index contributed by atoms with van der Waals surface area (Å²) in [6.07, 6.45) is -0.0633. The average molecular weight is 405 g/mol.